The van der Waals surface area contributed by atoms with Crippen molar-refractivity contribution in [2.75, 3.05) is 0 Å². The number of pyridine rings is 2. The van der Waals surface area contributed by atoms with E-state index in [9.17, 15) is 0 Å². The molecule has 0 saturated carbocycles. The van der Waals surface area contributed by atoms with Crippen LogP contribution in [0.1, 0.15) is 13.8 Å². The molecule has 8 aromatic carbocycles. The van der Waals surface area contributed by atoms with E-state index in [1.165, 1.54) is 54.2 Å². The summed E-state index contributed by atoms with van der Waals surface area (Å²) >= 11 is 0. The van der Waals surface area contributed by atoms with E-state index < -0.39 is 0 Å². The van der Waals surface area contributed by atoms with Crippen LogP contribution in [-0.4, -0.2) is 9.97 Å². The maximum Gasteiger partial charge on any atom is 0.0722 e. The Bertz CT molecular complexity index is 2810. The third-order valence-corrected chi connectivity index (χ3v) is 9.49. The topological polar surface area (TPSA) is 25.8 Å². The molecule has 0 atom stereocenters. The highest BCUT2D eigenvalue weighted by Gasteiger charge is 2.12. The molecule has 0 bridgehead atoms. The fourth-order valence-electron chi connectivity index (χ4n) is 7.00. The molecule has 2 nitrogen and oxygen atoms in total. The van der Waals surface area contributed by atoms with Crippen molar-refractivity contribution < 1.29 is 0 Å². The summed E-state index contributed by atoms with van der Waals surface area (Å²) in [5.74, 6) is 0. The van der Waals surface area contributed by atoms with E-state index in [2.05, 4.69) is 188 Å². The Morgan fingerprint density at radius 1 is 0.308 bits per heavy atom. The zero-order chi connectivity index (χ0) is 35.3. The smallest absolute Gasteiger partial charge is 0.0722 e. The van der Waals surface area contributed by atoms with Gasteiger partial charge in [0.2, 0.25) is 0 Å². The van der Waals surface area contributed by atoms with Gasteiger partial charge in [-0.3, -0.25) is 0 Å². The first-order chi connectivity index (χ1) is 25.8. The van der Waals surface area contributed by atoms with Gasteiger partial charge in [-0.1, -0.05) is 178 Å². The van der Waals surface area contributed by atoms with Gasteiger partial charge < -0.3 is 0 Å². The minimum atomic E-state index is 1.01. The molecular formula is C50H38N2. The zero-order valence-electron chi connectivity index (χ0n) is 29.4. The summed E-state index contributed by atoms with van der Waals surface area (Å²) in [5.41, 5.74) is 8.84. The molecule has 0 saturated heterocycles. The maximum absolute atomic E-state index is 4.98. The normalized spacial score (nSPS) is 10.9. The van der Waals surface area contributed by atoms with Crippen molar-refractivity contribution in [1.29, 1.82) is 0 Å². The molecule has 2 aromatic heterocycles. The molecule has 0 radical (unpaired) electrons. The molecule has 0 N–H and O–H groups in total. The van der Waals surface area contributed by atoms with E-state index >= 15 is 0 Å². The van der Waals surface area contributed by atoms with Crippen molar-refractivity contribution >= 4 is 54.1 Å². The molecule has 0 spiro atoms. The number of nitrogens with zero attached hydrogens (tertiary/aromatic N) is 2. The predicted octanol–water partition coefficient (Wildman–Crippen LogP) is 14.0. The molecule has 2 heterocycles. The van der Waals surface area contributed by atoms with E-state index in [0.29, 0.717) is 0 Å². The Hall–Kier alpha value is -6.64. The fraction of sp³-hybridized carbons (Fsp3) is 0.0400. The van der Waals surface area contributed by atoms with Crippen LogP contribution in [0.3, 0.4) is 0 Å². The zero-order valence-corrected chi connectivity index (χ0v) is 29.4. The average molecular weight is 667 g/mol. The molecule has 0 unspecified atom stereocenters. The Morgan fingerprint density at radius 2 is 0.846 bits per heavy atom. The highest BCUT2D eigenvalue weighted by molar-refractivity contribution is 6.14. The molecule has 0 aliphatic rings. The van der Waals surface area contributed by atoms with Crippen molar-refractivity contribution in [3.8, 4) is 33.6 Å². The van der Waals surface area contributed by atoms with Gasteiger partial charge in [-0.25, -0.2) is 9.97 Å². The fourth-order valence-corrected chi connectivity index (χ4v) is 7.00. The molecule has 10 rings (SSSR count). The summed E-state index contributed by atoms with van der Waals surface area (Å²) in [6.07, 6.45) is 0. The van der Waals surface area contributed by atoms with E-state index in [4.69, 9.17) is 9.97 Å². The van der Waals surface area contributed by atoms with Crippen LogP contribution in [0, 0.1) is 0 Å². The van der Waals surface area contributed by atoms with E-state index in [1.807, 2.05) is 19.9 Å². The van der Waals surface area contributed by atoms with Crippen LogP contribution >= 0.6 is 0 Å². The maximum atomic E-state index is 4.98. The van der Waals surface area contributed by atoms with Crippen molar-refractivity contribution in [2.24, 2.45) is 0 Å². The van der Waals surface area contributed by atoms with E-state index in [0.717, 1.165) is 33.5 Å². The van der Waals surface area contributed by atoms with Crippen LogP contribution in [0.25, 0.3) is 87.8 Å². The second kappa shape index (κ2) is 14.7. The monoisotopic (exact) mass is 666 g/mol. The lowest BCUT2D eigenvalue weighted by Crippen LogP contribution is -1.91. The highest BCUT2D eigenvalue weighted by Crippen LogP contribution is 2.36. The predicted molar refractivity (Wildman–Crippen MR) is 224 cm³/mol. The Labute approximate surface area is 304 Å². The third kappa shape index (κ3) is 6.39. The van der Waals surface area contributed by atoms with Gasteiger partial charge in [-0.05, 0) is 73.8 Å². The largest absolute Gasteiger partial charge is 0.248 e. The lowest BCUT2D eigenvalue weighted by atomic mass is 9.94. The first-order valence-electron chi connectivity index (χ1n) is 18.0. The molecule has 2 heteroatoms. The first-order valence-corrected chi connectivity index (χ1v) is 18.0. The van der Waals surface area contributed by atoms with Crippen molar-refractivity contribution in [3.05, 3.63) is 194 Å². The lowest BCUT2D eigenvalue weighted by molar-refractivity contribution is 1.40. The van der Waals surface area contributed by atoms with Gasteiger partial charge in [-0.2, -0.15) is 0 Å². The minimum absolute atomic E-state index is 1.01. The number of hydrogen-bond acceptors (Lipinski definition) is 2. The summed E-state index contributed by atoms with van der Waals surface area (Å²) in [7, 11) is 0. The molecule has 248 valence electrons. The Kier molecular flexibility index (Phi) is 9.19. The van der Waals surface area contributed by atoms with Crippen molar-refractivity contribution in [2.45, 2.75) is 13.8 Å². The molecule has 52 heavy (non-hydrogen) atoms. The molecule has 0 aliphatic heterocycles. The molecular weight excluding hydrogens is 629 g/mol. The average Bonchev–Trinajstić information content (AvgIpc) is 3.24. The number of rotatable bonds is 3. The second-order valence-corrected chi connectivity index (χ2v) is 12.6. The number of aromatic nitrogens is 2. The van der Waals surface area contributed by atoms with Gasteiger partial charge in [0.1, 0.15) is 0 Å². The summed E-state index contributed by atoms with van der Waals surface area (Å²) in [6, 6.07) is 68.0. The number of hydrogen-bond donors (Lipinski definition) is 0. The standard InChI is InChI=1S/C25H17N.C23H15N.C2H6/c1-3-9-18(10-4-1)22-17-24(20-12-5-2-6-13-20)26-23-16-15-19-11-7-8-14-21(19)25(22)23;1-2-7-18-15-19(10-9-16(18)5-1)22-14-12-21-20-8-4-3-6-17(20)11-13-23(21)24-22;1-2/h1-17H;1-15H;1-2H3. The summed E-state index contributed by atoms with van der Waals surface area (Å²) in [5, 5.41) is 9.93. The van der Waals surface area contributed by atoms with Gasteiger partial charge in [0, 0.05) is 21.9 Å². The minimum Gasteiger partial charge on any atom is -0.248 e. The number of fused-ring (bicyclic) bond motifs is 7. The van der Waals surface area contributed by atoms with Gasteiger partial charge in [0.05, 0.1) is 22.4 Å². The molecule has 0 fully saturated rings. The van der Waals surface area contributed by atoms with Gasteiger partial charge >= 0.3 is 0 Å². The van der Waals surface area contributed by atoms with Gasteiger partial charge in [0.25, 0.3) is 0 Å². The van der Waals surface area contributed by atoms with Crippen LogP contribution in [0.15, 0.2) is 194 Å². The second-order valence-electron chi connectivity index (χ2n) is 12.6. The van der Waals surface area contributed by atoms with Crippen LogP contribution in [0.2, 0.25) is 0 Å². The van der Waals surface area contributed by atoms with Gasteiger partial charge in [0.15, 0.2) is 0 Å². The lowest BCUT2D eigenvalue weighted by Gasteiger charge is -2.13. The Balaban J connectivity index is 0.000000143. The SMILES string of the molecule is CC.c1ccc(-c2cc(-c3ccccc3)c3c(ccc4ccccc43)n2)cc1.c1ccc2cc(-c3ccc4c(ccc5ccccc54)n3)ccc2c1. The molecule has 10 aromatic rings. The Morgan fingerprint density at radius 3 is 1.58 bits per heavy atom. The van der Waals surface area contributed by atoms with Crippen molar-refractivity contribution in [1.82, 2.24) is 9.97 Å². The van der Waals surface area contributed by atoms with Crippen LogP contribution in [0.4, 0.5) is 0 Å². The van der Waals surface area contributed by atoms with E-state index in [1.54, 1.807) is 0 Å². The van der Waals surface area contributed by atoms with Crippen LogP contribution < -0.4 is 0 Å². The first kappa shape index (κ1) is 32.6. The quantitative estimate of drug-likeness (QED) is 0.175. The summed E-state index contributed by atoms with van der Waals surface area (Å²) in [4.78, 5) is 9.88. The van der Waals surface area contributed by atoms with E-state index in [-0.39, 0.29) is 0 Å². The highest BCUT2D eigenvalue weighted by atomic mass is 14.7. The van der Waals surface area contributed by atoms with Crippen LogP contribution in [0.5, 0.6) is 0 Å². The summed E-state index contributed by atoms with van der Waals surface area (Å²) < 4.78 is 0. The molecule has 0 aliphatic carbocycles. The molecule has 0 amide bonds. The number of benzene rings is 8. The third-order valence-electron chi connectivity index (χ3n) is 9.49. The van der Waals surface area contributed by atoms with Gasteiger partial charge in [-0.15, -0.1) is 0 Å². The summed E-state index contributed by atoms with van der Waals surface area (Å²) in [6.45, 7) is 4.00. The van der Waals surface area contributed by atoms with Crippen LogP contribution in [-0.2, 0) is 0 Å². The van der Waals surface area contributed by atoms with Crippen molar-refractivity contribution in [3.63, 3.8) is 0 Å².